The van der Waals surface area contributed by atoms with Crippen molar-refractivity contribution in [3.8, 4) is 5.75 Å². The van der Waals surface area contributed by atoms with E-state index in [-0.39, 0.29) is 6.42 Å². The van der Waals surface area contributed by atoms with Crippen LogP contribution in [0.3, 0.4) is 0 Å². The first kappa shape index (κ1) is 14.1. The van der Waals surface area contributed by atoms with Crippen LogP contribution in [0.1, 0.15) is 11.4 Å². The Morgan fingerprint density at radius 1 is 1.41 bits per heavy atom. The maximum atomic E-state index is 11.6. The number of carboxylic acids is 1. The molecular weight excluding hydrogens is 288 g/mol. The number of hydrogen-bond donors (Lipinski definition) is 3. The smallest absolute Gasteiger partial charge is 0.343 e. The number of ether oxygens (including phenoxy) is 1. The Kier molecular flexibility index (Phi) is 3.51. The largest absolute Gasteiger partial charge is 0.497 e. The zero-order valence-electron chi connectivity index (χ0n) is 11.7. The minimum absolute atomic E-state index is 0.0367. The van der Waals surface area contributed by atoms with Crippen LogP contribution in [0.2, 0.25) is 0 Å². The second kappa shape index (κ2) is 5.49. The van der Waals surface area contributed by atoms with Crippen molar-refractivity contribution in [1.29, 1.82) is 0 Å². The fraction of sp³-hybridized carbons (Fsp3) is 0.214. The average Bonchev–Trinajstić information content (AvgIpc) is 3.18. The summed E-state index contributed by atoms with van der Waals surface area (Å²) >= 11 is 0. The van der Waals surface area contributed by atoms with Crippen LogP contribution in [0.25, 0.3) is 5.70 Å². The van der Waals surface area contributed by atoms with Crippen LogP contribution >= 0.6 is 0 Å². The molecule has 2 aromatic rings. The predicted octanol–water partition coefficient (Wildman–Crippen LogP) is 0.755. The average molecular weight is 302 g/mol. The van der Waals surface area contributed by atoms with Crippen molar-refractivity contribution in [2.75, 3.05) is 7.11 Å². The number of nitrogens with one attached hydrogen (secondary N) is 2. The van der Waals surface area contributed by atoms with Gasteiger partial charge in [-0.1, -0.05) is 0 Å². The number of aromatic nitrogens is 3. The number of benzene rings is 1. The van der Waals surface area contributed by atoms with E-state index in [1.54, 1.807) is 19.2 Å². The van der Waals surface area contributed by atoms with E-state index in [9.17, 15) is 9.90 Å². The lowest BCUT2D eigenvalue weighted by Gasteiger charge is -2.18. The maximum Gasteiger partial charge on any atom is 0.343 e. The normalized spacial score (nSPS) is 20.3. The number of rotatable bonds is 5. The van der Waals surface area contributed by atoms with Gasteiger partial charge in [0, 0.05) is 0 Å². The van der Waals surface area contributed by atoms with Gasteiger partial charge in [-0.15, -0.1) is 0 Å². The van der Waals surface area contributed by atoms with Gasteiger partial charge in [0.25, 0.3) is 0 Å². The first-order chi connectivity index (χ1) is 10.6. The minimum Gasteiger partial charge on any atom is -0.497 e. The van der Waals surface area contributed by atoms with E-state index < -0.39 is 11.6 Å². The van der Waals surface area contributed by atoms with Gasteiger partial charge in [-0.3, -0.25) is 15.4 Å². The molecule has 1 aliphatic heterocycles. The lowest BCUT2D eigenvalue weighted by Crippen LogP contribution is -2.41. The van der Waals surface area contributed by atoms with Gasteiger partial charge >= 0.3 is 5.97 Å². The molecule has 0 bridgehead atoms. The second-order valence-corrected chi connectivity index (χ2v) is 4.79. The number of carboxylic acid groups (broad SMARTS) is 1. The number of nitrogens with zero attached hydrogens (tertiary/aromatic N) is 2. The van der Waals surface area contributed by atoms with Crippen molar-refractivity contribution in [2.24, 2.45) is 0 Å². The third-order valence-electron chi connectivity index (χ3n) is 3.38. The minimum atomic E-state index is -1.53. The third kappa shape index (κ3) is 2.51. The van der Waals surface area contributed by atoms with Gasteiger partial charge in [0.1, 0.15) is 17.9 Å². The Morgan fingerprint density at radius 2 is 2.18 bits per heavy atom. The van der Waals surface area contributed by atoms with Gasteiger partial charge in [-0.25, -0.2) is 9.78 Å². The molecule has 114 valence electrons. The predicted molar refractivity (Wildman–Crippen MR) is 75.6 cm³/mol. The summed E-state index contributed by atoms with van der Waals surface area (Å²) in [5, 5.41) is 15.9. The van der Waals surface area contributed by atoms with Crippen molar-refractivity contribution in [2.45, 2.75) is 12.0 Å². The molecule has 1 aromatic carbocycles. The number of H-pyrrole nitrogens is 1. The molecule has 0 radical (unpaired) electrons. The molecule has 3 rings (SSSR count). The van der Waals surface area contributed by atoms with Crippen LogP contribution in [-0.4, -0.2) is 39.0 Å². The summed E-state index contributed by atoms with van der Waals surface area (Å²) in [7, 11) is 1.58. The lowest BCUT2D eigenvalue weighted by molar-refractivity contribution is -0.162. The van der Waals surface area contributed by atoms with Crippen LogP contribution in [0, 0.1) is 0 Å². The maximum absolute atomic E-state index is 11.6. The molecule has 1 aromatic heterocycles. The SMILES string of the molecule is COc1ccc(C2=CC(Cc3ncn[nH]3)(C(=O)O)ON2)cc1. The van der Waals surface area contributed by atoms with E-state index in [1.807, 2.05) is 12.1 Å². The first-order valence-electron chi connectivity index (χ1n) is 6.52. The van der Waals surface area contributed by atoms with Crippen molar-refractivity contribution >= 4 is 11.7 Å². The molecule has 0 fully saturated rings. The summed E-state index contributed by atoms with van der Waals surface area (Å²) in [5.41, 5.74) is 2.51. The Labute approximate surface area is 125 Å². The monoisotopic (exact) mass is 302 g/mol. The summed E-state index contributed by atoms with van der Waals surface area (Å²) in [4.78, 5) is 20.9. The van der Waals surface area contributed by atoms with Crippen LogP contribution in [0.5, 0.6) is 5.75 Å². The van der Waals surface area contributed by atoms with Crippen molar-refractivity contribution in [3.05, 3.63) is 48.1 Å². The van der Waals surface area contributed by atoms with Gasteiger partial charge in [0.05, 0.1) is 19.2 Å². The summed E-state index contributed by atoms with van der Waals surface area (Å²) < 4.78 is 5.10. The summed E-state index contributed by atoms with van der Waals surface area (Å²) in [6, 6.07) is 7.20. The molecule has 0 aliphatic carbocycles. The van der Waals surface area contributed by atoms with E-state index in [0.29, 0.717) is 11.5 Å². The molecule has 3 N–H and O–H groups in total. The van der Waals surface area contributed by atoms with E-state index in [0.717, 1.165) is 11.3 Å². The van der Waals surface area contributed by atoms with E-state index >= 15 is 0 Å². The standard InChI is InChI=1S/C14H14N4O4/c1-21-10-4-2-9(3-5-10)11-6-14(13(19)20,22-18-11)7-12-15-8-16-17-12/h2-6,8,18H,7H2,1H3,(H,19,20)(H,15,16,17). The van der Waals surface area contributed by atoms with E-state index in [4.69, 9.17) is 9.57 Å². The highest BCUT2D eigenvalue weighted by Gasteiger charge is 2.44. The fourth-order valence-corrected chi connectivity index (χ4v) is 2.18. The van der Waals surface area contributed by atoms with E-state index in [2.05, 4.69) is 20.7 Å². The van der Waals surface area contributed by atoms with Crippen LogP contribution < -0.4 is 10.2 Å². The van der Waals surface area contributed by atoms with Crippen molar-refractivity contribution in [3.63, 3.8) is 0 Å². The second-order valence-electron chi connectivity index (χ2n) is 4.79. The fourth-order valence-electron chi connectivity index (χ4n) is 2.18. The number of aromatic amines is 1. The summed E-state index contributed by atoms with van der Waals surface area (Å²) in [5.74, 6) is 0.0331. The van der Waals surface area contributed by atoms with Crippen molar-refractivity contribution < 1.29 is 19.5 Å². The van der Waals surface area contributed by atoms with Crippen LogP contribution in [0.15, 0.2) is 36.7 Å². The third-order valence-corrected chi connectivity index (χ3v) is 3.38. The quantitative estimate of drug-likeness (QED) is 0.747. The zero-order chi connectivity index (χ0) is 15.6. The molecule has 0 saturated carbocycles. The molecule has 1 atom stereocenters. The van der Waals surface area contributed by atoms with Gasteiger partial charge in [-0.05, 0) is 35.9 Å². The van der Waals surface area contributed by atoms with Crippen LogP contribution in [-0.2, 0) is 16.1 Å². The zero-order valence-corrected chi connectivity index (χ0v) is 11.7. The highest BCUT2D eigenvalue weighted by Crippen LogP contribution is 2.29. The summed E-state index contributed by atoms with van der Waals surface area (Å²) in [6.45, 7) is 0. The molecule has 22 heavy (non-hydrogen) atoms. The van der Waals surface area contributed by atoms with Crippen molar-refractivity contribution in [1.82, 2.24) is 20.7 Å². The number of carbonyl (C=O) groups is 1. The molecule has 8 heteroatoms. The Morgan fingerprint density at radius 3 is 2.77 bits per heavy atom. The highest BCUT2D eigenvalue weighted by molar-refractivity contribution is 5.85. The molecule has 0 amide bonds. The number of aliphatic carboxylic acids is 1. The van der Waals surface area contributed by atoms with Gasteiger partial charge in [0.2, 0.25) is 5.60 Å². The van der Waals surface area contributed by atoms with Gasteiger partial charge < -0.3 is 9.84 Å². The van der Waals surface area contributed by atoms with E-state index in [1.165, 1.54) is 12.4 Å². The Hall–Kier alpha value is -2.87. The molecule has 0 saturated heterocycles. The molecule has 2 heterocycles. The molecule has 1 aliphatic rings. The highest BCUT2D eigenvalue weighted by atomic mass is 16.7. The molecule has 0 spiro atoms. The topological polar surface area (TPSA) is 109 Å². The Balaban J connectivity index is 1.89. The molecule has 1 unspecified atom stereocenters. The lowest BCUT2D eigenvalue weighted by atomic mass is 9.97. The van der Waals surface area contributed by atoms with Gasteiger partial charge in [-0.2, -0.15) is 5.10 Å². The summed E-state index contributed by atoms with van der Waals surface area (Å²) in [6.07, 6.45) is 2.88. The first-order valence-corrected chi connectivity index (χ1v) is 6.52. The number of hydroxylamine groups is 1. The number of hydrogen-bond acceptors (Lipinski definition) is 6. The molecule has 8 nitrogen and oxygen atoms in total. The Bertz CT molecular complexity index is 696. The molecular formula is C14H14N4O4. The van der Waals surface area contributed by atoms with Gasteiger partial charge in [0.15, 0.2) is 0 Å². The number of methoxy groups -OCH3 is 1. The van der Waals surface area contributed by atoms with Crippen LogP contribution in [0.4, 0.5) is 0 Å².